The minimum Gasteiger partial charge on any atom is -0.497 e. The Morgan fingerprint density at radius 3 is 2.43 bits per heavy atom. The number of hydrogen-bond acceptors (Lipinski definition) is 3. The Morgan fingerprint density at radius 1 is 1.07 bits per heavy atom. The van der Waals surface area contributed by atoms with Gasteiger partial charge in [0.1, 0.15) is 17.1 Å². The molecule has 6 heteroatoms. The van der Waals surface area contributed by atoms with Crippen LogP contribution in [0.4, 0.5) is 0 Å². The zero-order valence-electron chi connectivity index (χ0n) is 15.9. The van der Waals surface area contributed by atoms with E-state index in [0.29, 0.717) is 12.2 Å². The lowest BCUT2D eigenvalue weighted by molar-refractivity contribution is 0.0686. The largest absolute Gasteiger partial charge is 0.497 e. The standard InChI is InChI=1S/C20H15BrN2O3.C2H6/c1-26-16-5-2-12(3-6-16)11-23-18(20(24)25)10-14-8-13-9-15(21)4-7-17(13)22-19(14)23;1-2/h2-10H,11H2,1H3,(H,24,25);1-2H3. The summed E-state index contributed by atoms with van der Waals surface area (Å²) < 4.78 is 7.87. The van der Waals surface area contributed by atoms with Crippen LogP contribution in [0.25, 0.3) is 21.9 Å². The van der Waals surface area contributed by atoms with Gasteiger partial charge >= 0.3 is 5.97 Å². The van der Waals surface area contributed by atoms with Gasteiger partial charge in [0.25, 0.3) is 0 Å². The molecule has 144 valence electrons. The van der Waals surface area contributed by atoms with Gasteiger partial charge in [-0.25, -0.2) is 9.78 Å². The first-order chi connectivity index (χ1) is 13.5. The normalized spacial score (nSPS) is 10.6. The molecule has 0 atom stereocenters. The Morgan fingerprint density at radius 2 is 1.79 bits per heavy atom. The number of carboxylic acid groups (broad SMARTS) is 1. The van der Waals surface area contributed by atoms with Crippen molar-refractivity contribution in [2.45, 2.75) is 20.4 Å². The molecular weight excluding hydrogens is 420 g/mol. The fraction of sp³-hybridized carbons (Fsp3) is 0.182. The summed E-state index contributed by atoms with van der Waals surface area (Å²) in [5, 5.41) is 11.4. The number of nitrogens with zero attached hydrogens (tertiary/aromatic N) is 2. The van der Waals surface area contributed by atoms with E-state index in [9.17, 15) is 9.90 Å². The van der Waals surface area contributed by atoms with E-state index in [4.69, 9.17) is 9.72 Å². The van der Waals surface area contributed by atoms with E-state index in [2.05, 4.69) is 15.9 Å². The molecule has 2 aromatic heterocycles. The Labute approximate surface area is 171 Å². The van der Waals surface area contributed by atoms with Crippen molar-refractivity contribution >= 4 is 43.8 Å². The first kappa shape index (κ1) is 19.9. The summed E-state index contributed by atoms with van der Waals surface area (Å²) >= 11 is 3.46. The molecule has 0 saturated heterocycles. The molecule has 28 heavy (non-hydrogen) atoms. The zero-order valence-corrected chi connectivity index (χ0v) is 17.5. The number of carbonyl (C=O) groups is 1. The van der Waals surface area contributed by atoms with Crippen LogP contribution < -0.4 is 4.74 Å². The summed E-state index contributed by atoms with van der Waals surface area (Å²) in [5.74, 6) is -0.207. The van der Waals surface area contributed by atoms with Gasteiger partial charge in [0.15, 0.2) is 0 Å². The minimum absolute atomic E-state index is 0.220. The third-order valence-electron chi connectivity index (χ3n) is 4.34. The number of fused-ring (bicyclic) bond motifs is 2. The number of benzene rings is 2. The molecule has 0 unspecified atom stereocenters. The summed E-state index contributed by atoms with van der Waals surface area (Å²) in [4.78, 5) is 16.5. The monoisotopic (exact) mass is 440 g/mol. The first-order valence-corrected chi connectivity index (χ1v) is 9.80. The quantitative estimate of drug-likeness (QED) is 0.439. The van der Waals surface area contributed by atoms with E-state index in [0.717, 1.165) is 32.1 Å². The first-order valence-electron chi connectivity index (χ1n) is 9.01. The van der Waals surface area contributed by atoms with Gasteiger partial charge < -0.3 is 14.4 Å². The molecule has 0 spiro atoms. The average molecular weight is 441 g/mol. The molecule has 0 aliphatic carbocycles. The van der Waals surface area contributed by atoms with Crippen LogP contribution in [0, 0.1) is 0 Å². The molecule has 0 fully saturated rings. The number of carboxylic acids is 1. The Hall–Kier alpha value is -2.86. The zero-order chi connectivity index (χ0) is 20.3. The third kappa shape index (κ3) is 3.87. The predicted molar refractivity (Wildman–Crippen MR) is 115 cm³/mol. The van der Waals surface area contributed by atoms with Crippen LogP contribution in [0.3, 0.4) is 0 Å². The van der Waals surface area contributed by atoms with Gasteiger partial charge in [-0.15, -0.1) is 0 Å². The lowest BCUT2D eigenvalue weighted by Crippen LogP contribution is -2.10. The van der Waals surface area contributed by atoms with Crippen LogP contribution in [-0.4, -0.2) is 27.7 Å². The van der Waals surface area contributed by atoms with E-state index in [1.165, 1.54) is 0 Å². The Balaban J connectivity index is 0.00000109. The third-order valence-corrected chi connectivity index (χ3v) is 4.84. The number of aromatic nitrogens is 2. The number of hydrogen-bond donors (Lipinski definition) is 1. The number of halogens is 1. The molecule has 4 aromatic rings. The van der Waals surface area contributed by atoms with Crippen molar-refractivity contribution in [3.8, 4) is 5.75 Å². The number of pyridine rings is 1. The topological polar surface area (TPSA) is 64.3 Å². The van der Waals surface area contributed by atoms with Gasteiger partial charge in [-0.05, 0) is 48.0 Å². The van der Waals surface area contributed by atoms with Gasteiger partial charge in [-0.3, -0.25) is 0 Å². The number of aromatic carboxylic acids is 1. The molecule has 5 nitrogen and oxygen atoms in total. The van der Waals surface area contributed by atoms with Crippen LogP contribution in [-0.2, 0) is 6.54 Å². The second-order valence-electron chi connectivity index (χ2n) is 6.01. The summed E-state index contributed by atoms with van der Waals surface area (Å²) in [6.07, 6.45) is 0. The van der Waals surface area contributed by atoms with Crippen LogP contribution in [0.5, 0.6) is 5.75 Å². The minimum atomic E-state index is -0.971. The smallest absolute Gasteiger partial charge is 0.352 e. The summed E-state index contributed by atoms with van der Waals surface area (Å²) in [6, 6.07) is 17.0. The fourth-order valence-corrected chi connectivity index (χ4v) is 3.44. The molecule has 0 radical (unpaired) electrons. The average Bonchev–Trinajstić information content (AvgIpc) is 3.06. The van der Waals surface area contributed by atoms with Crippen molar-refractivity contribution in [1.82, 2.24) is 9.55 Å². The second-order valence-corrected chi connectivity index (χ2v) is 6.92. The lowest BCUT2D eigenvalue weighted by Gasteiger charge is -2.09. The highest BCUT2D eigenvalue weighted by molar-refractivity contribution is 9.10. The molecule has 1 N–H and O–H groups in total. The molecule has 0 saturated carbocycles. The van der Waals surface area contributed by atoms with Gasteiger partial charge in [0.2, 0.25) is 0 Å². The van der Waals surface area contributed by atoms with E-state index < -0.39 is 5.97 Å². The van der Waals surface area contributed by atoms with E-state index >= 15 is 0 Å². The molecule has 2 heterocycles. The molecular formula is C22H21BrN2O3. The molecule has 2 aromatic carbocycles. The molecule has 0 bridgehead atoms. The van der Waals surface area contributed by atoms with Crippen molar-refractivity contribution in [3.05, 3.63) is 70.3 Å². The van der Waals surface area contributed by atoms with Gasteiger partial charge in [0.05, 0.1) is 12.6 Å². The van der Waals surface area contributed by atoms with Crippen LogP contribution in [0.2, 0.25) is 0 Å². The molecule has 0 aliphatic heterocycles. The fourth-order valence-electron chi connectivity index (χ4n) is 3.07. The van der Waals surface area contributed by atoms with E-state index in [1.807, 2.05) is 62.4 Å². The van der Waals surface area contributed by atoms with Gasteiger partial charge in [-0.1, -0.05) is 41.9 Å². The van der Waals surface area contributed by atoms with Crippen molar-refractivity contribution in [3.63, 3.8) is 0 Å². The van der Waals surface area contributed by atoms with Crippen LogP contribution in [0.15, 0.2) is 59.1 Å². The highest BCUT2D eigenvalue weighted by Crippen LogP contribution is 2.26. The lowest BCUT2D eigenvalue weighted by atomic mass is 10.2. The predicted octanol–water partition coefficient (Wildman–Crippen LogP) is 5.73. The Bertz CT molecular complexity index is 1130. The maximum absolute atomic E-state index is 11.8. The van der Waals surface area contributed by atoms with Crippen molar-refractivity contribution in [2.75, 3.05) is 7.11 Å². The highest BCUT2D eigenvalue weighted by Gasteiger charge is 2.17. The van der Waals surface area contributed by atoms with Crippen LogP contribution >= 0.6 is 15.9 Å². The maximum atomic E-state index is 11.8. The molecule has 0 aliphatic rings. The summed E-state index contributed by atoms with van der Waals surface area (Å²) in [7, 11) is 1.62. The van der Waals surface area contributed by atoms with Gasteiger partial charge in [0, 0.05) is 21.8 Å². The summed E-state index contributed by atoms with van der Waals surface area (Å²) in [6.45, 7) is 4.42. The van der Waals surface area contributed by atoms with E-state index in [-0.39, 0.29) is 5.69 Å². The number of rotatable bonds is 4. The van der Waals surface area contributed by atoms with Crippen molar-refractivity contribution in [1.29, 1.82) is 0 Å². The number of methoxy groups -OCH3 is 1. The summed E-state index contributed by atoms with van der Waals surface area (Å²) in [5.41, 5.74) is 2.68. The molecule has 0 amide bonds. The van der Waals surface area contributed by atoms with Crippen molar-refractivity contribution in [2.24, 2.45) is 0 Å². The van der Waals surface area contributed by atoms with Crippen molar-refractivity contribution < 1.29 is 14.6 Å². The number of ether oxygens (including phenoxy) is 1. The maximum Gasteiger partial charge on any atom is 0.352 e. The van der Waals surface area contributed by atoms with Gasteiger partial charge in [-0.2, -0.15) is 0 Å². The molecule has 4 rings (SSSR count). The SMILES string of the molecule is CC.COc1ccc(Cn2c(C(=O)O)cc3cc4cc(Br)ccc4nc32)cc1. The van der Waals surface area contributed by atoms with Crippen LogP contribution in [0.1, 0.15) is 29.9 Å². The van der Waals surface area contributed by atoms with E-state index in [1.54, 1.807) is 17.7 Å². The Kier molecular flexibility index (Phi) is 5.99. The second kappa shape index (κ2) is 8.44. The highest BCUT2D eigenvalue weighted by atomic mass is 79.9.